The van der Waals surface area contributed by atoms with Gasteiger partial charge >= 0.3 is 0 Å². The summed E-state index contributed by atoms with van der Waals surface area (Å²) in [7, 11) is 1.71. The second kappa shape index (κ2) is 6.93. The van der Waals surface area contributed by atoms with Gasteiger partial charge < -0.3 is 9.26 Å². The highest BCUT2D eigenvalue weighted by atomic mass is 16.5. The quantitative estimate of drug-likeness (QED) is 0.828. The van der Waals surface area contributed by atoms with Crippen LogP contribution in [0.5, 0.6) is 5.75 Å². The summed E-state index contributed by atoms with van der Waals surface area (Å²) in [6.07, 6.45) is 7.38. The average molecular weight is 327 g/mol. The number of nitrogens with zero attached hydrogens (tertiary/aromatic N) is 3. The van der Waals surface area contributed by atoms with Crippen LogP contribution in [-0.2, 0) is 6.54 Å². The minimum atomic E-state index is 0.412. The molecule has 2 aromatic rings. The zero-order valence-electron chi connectivity index (χ0n) is 14.3. The van der Waals surface area contributed by atoms with Crippen LogP contribution in [0.4, 0.5) is 0 Å². The Morgan fingerprint density at radius 3 is 2.71 bits per heavy atom. The highest BCUT2D eigenvalue weighted by Crippen LogP contribution is 2.38. The molecule has 2 fully saturated rings. The molecule has 1 atom stereocenters. The minimum absolute atomic E-state index is 0.412. The molecule has 1 saturated carbocycles. The van der Waals surface area contributed by atoms with E-state index in [1.165, 1.54) is 44.1 Å². The van der Waals surface area contributed by atoms with Gasteiger partial charge in [-0.25, -0.2) is 0 Å². The standard InChI is InChI=1S/C19H25N3O2/c1-23-16-10-8-14(9-11-16)17-5-3-2-4-12-22(17)13-18-20-19(21-24-18)15-6-7-15/h8-11,15,17H,2-7,12-13H2,1H3. The van der Waals surface area contributed by atoms with Gasteiger partial charge in [0.15, 0.2) is 5.82 Å². The Bertz CT molecular complexity index is 664. The van der Waals surface area contributed by atoms with E-state index in [-0.39, 0.29) is 0 Å². The van der Waals surface area contributed by atoms with Crippen LogP contribution in [0, 0.1) is 0 Å². The van der Waals surface area contributed by atoms with E-state index in [0.29, 0.717) is 12.0 Å². The molecule has 1 unspecified atom stereocenters. The van der Waals surface area contributed by atoms with E-state index in [1.807, 2.05) is 0 Å². The Kier molecular flexibility index (Phi) is 4.52. The van der Waals surface area contributed by atoms with E-state index >= 15 is 0 Å². The first kappa shape index (κ1) is 15.6. The van der Waals surface area contributed by atoms with Crippen LogP contribution in [0.3, 0.4) is 0 Å². The Labute approximate surface area is 143 Å². The molecule has 5 heteroatoms. The van der Waals surface area contributed by atoms with Gasteiger partial charge in [-0.3, -0.25) is 4.90 Å². The number of hydrogen-bond acceptors (Lipinski definition) is 5. The maximum atomic E-state index is 5.51. The number of rotatable bonds is 5. The predicted octanol–water partition coefficient (Wildman–Crippen LogP) is 4.07. The summed E-state index contributed by atoms with van der Waals surface area (Å²) in [6, 6.07) is 8.89. The summed E-state index contributed by atoms with van der Waals surface area (Å²) in [6.45, 7) is 1.83. The zero-order valence-corrected chi connectivity index (χ0v) is 14.3. The van der Waals surface area contributed by atoms with Gasteiger partial charge in [0.1, 0.15) is 5.75 Å². The first-order chi connectivity index (χ1) is 11.8. The van der Waals surface area contributed by atoms with Crippen LogP contribution in [0.25, 0.3) is 0 Å². The fourth-order valence-electron chi connectivity index (χ4n) is 3.57. The lowest BCUT2D eigenvalue weighted by Gasteiger charge is -2.29. The Hall–Kier alpha value is -1.88. The van der Waals surface area contributed by atoms with E-state index in [0.717, 1.165) is 30.6 Å². The maximum absolute atomic E-state index is 5.51. The largest absolute Gasteiger partial charge is 0.497 e. The number of ether oxygens (including phenoxy) is 1. The molecule has 0 radical (unpaired) electrons. The monoisotopic (exact) mass is 327 g/mol. The summed E-state index contributed by atoms with van der Waals surface area (Å²) in [5, 5.41) is 4.16. The van der Waals surface area contributed by atoms with Gasteiger partial charge in [-0.05, 0) is 49.9 Å². The number of likely N-dealkylation sites (tertiary alicyclic amines) is 1. The SMILES string of the molecule is COc1ccc(C2CCCCCN2Cc2nc(C3CC3)no2)cc1. The Balaban J connectivity index is 1.52. The van der Waals surface area contributed by atoms with Crippen molar-refractivity contribution in [2.75, 3.05) is 13.7 Å². The molecular weight excluding hydrogens is 302 g/mol. The Morgan fingerprint density at radius 2 is 1.96 bits per heavy atom. The van der Waals surface area contributed by atoms with Crippen LogP contribution in [0.15, 0.2) is 28.8 Å². The summed E-state index contributed by atoms with van der Waals surface area (Å²) >= 11 is 0. The van der Waals surface area contributed by atoms with Crippen molar-refractivity contribution >= 4 is 0 Å². The molecule has 0 bridgehead atoms. The molecule has 4 rings (SSSR count). The van der Waals surface area contributed by atoms with Gasteiger partial charge in [0.2, 0.25) is 5.89 Å². The lowest BCUT2D eigenvalue weighted by Crippen LogP contribution is -2.28. The number of methoxy groups -OCH3 is 1. The molecule has 128 valence electrons. The molecule has 2 aliphatic rings. The molecule has 1 aromatic heterocycles. The van der Waals surface area contributed by atoms with Crippen molar-refractivity contribution in [1.29, 1.82) is 0 Å². The fourth-order valence-corrected chi connectivity index (χ4v) is 3.57. The van der Waals surface area contributed by atoms with E-state index in [4.69, 9.17) is 9.26 Å². The van der Waals surface area contributed by atoms with E-state index < -0.39 is 0 Å². The molecule has 0 spiro atoms. The van der Waals surface area contributed by atoms with Crippen LogP contribution in [-0.4, -0.2) is 28.7 Å². The predicted molar refractivity (Wildman–Crippen MR) is 90.9 cm³/mol. The lowest BCUT2D eigenvalue weighted by atomic mass is 10.0. The van der Waals surface area contributed by atoms with Gasteiger partial charge in [0, 0.05) is 12.0 Å². The molecule has 0 amide bonds. The highest BCUT2D eigenvalue weighted by Gasteiger charge is 2.30. The van der Waals surface area contributed by atoms with Gasteiger partial charge in [0.05, 0.1) is 13.7 Å². The average Bonchev–Trinajstić information content (AvgIpc) is 3.40. The smallest absolute Gasteiger partial charge is 0.240 e. The molecule has 5 nitrogen and oxygen atoms in total. The van der Waals surface area contributed by atoms with Gasteiger partial charge in [0.25, 0.3) is 0 Å². The first-order valence-electron chi connectivity index (χ1n) is 9.04. The molecular formula is C19H25N3O2. The van der Waals surface area contributed by atoms with Crippen molar-refractivity contribution < 1.29 is 9.26 Å². The van der Waals surface area contributed by atoms with Gasteiger partial charge in [-0.2, -0.15) is 4.98 Å². The number of benzene rings is 1. The Morgan fingerprint density at radius 1 is 1.12 bits per heavy atom. The van der Waals surface area contributed by atoms with Crippen LogP contribution < -0.4 is 4.74 Å². The van der Waals surface area contributed by atoms with E-state index in [2.05, 4.69) is 39.3 Å². The summed E-state index contributed by atoms with van der Waals surface area (Å²) in [4.78, 5) is 7.11. The third-order valence-corrected chi connectivity index (χ3v) is 5.13. The minimum Gasteiger partial charge on any atom is -0.497 e. The van der Waals surface area contributed by atoms with Crippen molar-refractivity contribution in [1.82, 2.24) is 15.0 Å². The molecule has 2 heterocycles. The second-order valence-corrected chi connectivity index (χ2v) is 6.93. The van der Waals surface area contributed by atoms with Gasteiger partial charge in [-0.15, -0.1) is 0 Å². The number of aromatic nitrogens is 2. The molecule has 1 aliphatic heterocycles. The van der Waals surface area contributed by atoms with Crippen molar-refractivity contribution in [3.63, 3.8) is 0 Å². The molecule has 1 aliphatic carbocycles. The highest BCUT2D eigenvalue weighted by molar-refractivity contribution is 5.29. The van der Waals surface area contributed by atoms with E-state index in [1.54, 1.807) is 7.11 Å². The molecule has 24 heavy (non-hydrogen) atoms. The van der Waals surface area contributed by atoms with Crippen LogP contribution >= 0.6 is 0 Å². The third-order valence-electron chi connectivity index (χ3n) is 5.13. The van der Waals surface area contributed by atoms with Crippen molar-refractivity contribution in [2.45, 2.75) is 57.0 Å². The van der Waals surface area contributed by atoms with Crippen molar-refractivity contribution in [3.05, 3.63) is 41.5 Å². The number of hydrogen-bond donors (Lipinski definition) is 0. The third kappa shape index (κ3) is 3.46. The fraction of sp³-hybridized carbons (Fsp3) is 0.579. The summed E-state index contributed by atoms with van der Waals surface area (Å²) in [5.41, 5.74) is 1.35. The topological polar surface area (TPSA) is 51.4 Å². The lowest BCUT2D eigenvalue weighted by molar-refractivity contribution is 0.168. The molecule has 1 aromatic carbocycles. The zero-order chi connectivity index (χ0) is 16.4. The molecule has 0 N–H and O–H groups in total. The van der Waals surface area contributed by atoms with Crippen molar-refractivity contribution in [2.24, 2.45) is 0 Å². The van der Waals surface area contributed by atoms with Crippen LogP contribution in [0.2, 0.25) is 0 Å². The van der Waals surface area contributed by atoms with E-state index in [9.17, 15) is 0 Å². The molecule has 1 saturated heterocycles. The first-order valence-corrected chi connectivity index (χ1v) is 9.04. The summed E-state index contributed by atoms with van der Waals surface area (Å²) < 4.78 is 10.8. The summed E-state index contributed by atoms with van der Waals surface area (Å²) in [5.74, 6) is 3.12. The van der Waals surface area contributed by atoms with Crippen LogP contribution in [0.1, 0.15) is 67.8 Å². The van der Waals surface area contributed by atoms with Crippen molar-refractivity contribution in [3.8, 4) is 5.75 Å². The van der Waals surface area contributed by atoms with Gasteiger partial charge in [-0.1, -0.05) is 30.1 Å². The maximum Gasteiger partial charge on any atom is 0.240 e. The second-order valence-electron chi connectivity index (χ2n) is 6.93. The normalized spacial score (nSPS) is 22.3.